The van der Waals surface area contributed by atoms with Crippen LogP contribution < -0.4 is 10.6 Å². The first-order valence-corrected chi connectivity index (χ1v) is 27.6. The first-order valence-electron chi connectivity index (χ1n) is 27.6. The van der Waals surface area contributed by atoms with Crippen LogP contribution in [-0.2, 0) is 28.7 Å². The Labute approximate surface area is 405 Å². The summed E-state index contributed by atoms with van der Waals surface area (Å²) in [5.74, 6) is -0.305. The number of ether oxygens (including phenoxy) is 2. The Morgan fingerprint density at radius 3 is 1.17 bits per heavy atom. The largest absolute Gasteiger partial charge is 0.466 e. The first kappa shape index (κ1) is 60.8. The molecule has 0 aromatic carbocycles. The Balaban J connectivity index is 2.29. The van der Waals surface area contributed by atoms with Crippen LogP contribution in [0.3, 0.4) is 0 Å². The number of allylic oxidation sites excluding steroid dienone is 8. The zero-order valence-corrected chi connectivity index (χ0v) is 43.0. The molecule has 0 spiro atoms. The van der Waals surface area contributed by atoms with Crippen LogP contribution in [0.15, 0.2) is 48.6 Å². The van der Waals surface area contributed by atoms with Gasteiger partial charge in [0.1, 0.15) is 12.1 Å². The molecular formula is C57H101N3O6. The van der Waals surface area contributed by atoms with E-state index in [-0.39, 0.29) is 23.8 Å². The number of nitrogens with zero attached hydrogens (tertiary/aromatic N) is 1. The molecule has 0 radical (unpaired) electrons. The maximum atomic E-state index is 12.8. The highest BCUT2D eigenvalue weighted by Gasteiger charge is 2.32. The van der Waals surface area contributed by atoms with Crippen molar-refractivity contribution in [1.29, 1.82) is 0 Å². The number of esters is 2. The minimum Gasteiger partial charge on any atom is -0.466 e. The van der Waals surface area contributed by atoms with Crippen LogP contribution in [0.5, 0.6) is 0 Å². The monoisotopic (exact) mass is 924 g/mol. The number of rotatable bonds is 47. The van der Waals surface area contributed by atoms with E-state index in [0.717, 1.165) is 142 Å². The van der Waals surface area contributed by atoms with E-state index in [4.69, 9.17) is 9.47 Å². The molecule has 2 atom stereocenters. The number of amides is 2. The second-order valence-corrected chi connectivity index (χ2v) is 18.8. The van der Waals surface area contributed by atoms with Gasteiger partial charge >= 0.3 is 11.9 Å². The topological polar surface area (TPSA) is 114 Å². The molecule has 2 N–H and O–H groups in total. The lowest BCUT2D eigenvalue weighted by molar-refractivity contribution is -0.144. The normalized spacial score (nSPS) is 15.5. The molecule has 9 heteroatoms. The summed E-state index contributed by atoms with van der Waals surface area (Å²) < 4.78 is 11.2. The summed E-state index contributed by atoms with van der Waals surface area (Å²) in [4.78, 5) is 52.6. The molecular weight excluding hydrogens is 823 g/mol. The van der Waals surface area contributed by atoms with Crippen molar-refractivity contribution < 1.29 is 28.7 Å². The van der Waals surface area contributed by atoms with Crippen molar-refractivity contribution in [2.45, 2.75) is 258 Å². The SMILES string of the molecule is CCCCC/C=C\C/C=C\CCCCCCCC(=O)OCCCCN(CCCCOC(=O)CCCCCCC/C=C\C/C=C\CCCCC)CCCCC1NC(=O)C(CCCCC)NC1=O. The van der Waals surface area contributed by atoms with Crippen molar-refractivity contribution in [3.63, 3.8) is 0 Å². The third kappa shape index (κ3) is 38.9. The highest BCUT2D eigenvalue weighted by Crippen LogP contribution is 2.14. The molecule has 1 rings (SSSR count). The zero-order chi connectivity index (χ0) is 47.8. The van der Waals surface area contributed by atoms with Crippen LogP contribution in [0.25, 0.3) is 0 Å². The third-order valence-corrected chi connectivity index (χ3v) is 12.5. The Hall–Kier alpha value is -3.20. The number of carbonyl (C=O) groups is 4. The minimum absolute atomic E-state index is 0.0595. The van der Waals surface area contributed by atoms with Crippen LogP contribution in [-0.4, -0.2) is 73.6 Å². The number of carbonyl (C=O) groups excluding carboxylic acids is 4. The lowest BCUT2D eigenvalue weighted by Crippen LogP contribution is -2.61. The number of nitrogens with one attached hydrogen (secondary N) is 2. The fourth-order valence-electron chi connectivity index (χ4n) is 8.25. The molecule has 1 aliphatic rings. The number of unbranched alkanes of at least 4 members (excludes halogenated alkanes) is 21. The Morgan fingerprint density at radius 2 is 0.758 bits per heavy atom. The van der Waals surface area contributed by atoms with Gasteiger partial charge in [0.25, 0.3) is 0 Å². The van der Waals surface area contributed by atoms with Gasteiger partial charge in [-0.05, 0) is 148 Å². The van der Waals surface area contributed by atoms with E-state index >= 15 is 0 Å². The van der Waals surface area contributed by atoms with Crippen molar-refractivity contribution >= 4 is 23.8 Å². The second kappa shape index (κ2) is 46.9. The van der Waals surface area contributed by atoms with Gasteiger partial charge in [-0.25, -0.2) is 0 Å². The summed E-state index contributed by atoms with van der Waals surface area (Å²) in [7, 11) is 0. The fraction of sp³-hybridized carbons (Fsp3) is 0.789. The Morgan fingerprint density at radius 1 is 0.424 bits per heavy atom. The van der Waals surface area contributed by atoms with Gasteiger partial charge in [0.2, 0.25) is 11.8 Å². The molecule has 2 unspecified atom stereocenters. The summed E-state index contributed by atoms with van der Waals surface area (Å²) in [5.41, 5.74) is 0. The minimum atomic E-state index is -0.465. The smallest absolute Gasteiger partial charge is 0.305 e. The van der Waals surface area contributed by atoms with Crippen molar-refractivity contribution in [2.24, 2.45) is 0 Å². The van der Waals surface area contributed by atoms with E-state index in [1.165, 1.54) is 77.0 Å². The Bertz CT molecular complexity index is 1230. The highest BCUT2D eigenvalue weighted by molar-refractivity contribution is 5.96. The van der Waals surface area contributed by atoms with Crippen molar-refractivity contribution in [3.05, 3.63) is 48.6 Å². The van der Waals surface area contributed by atoms with Gasteiger partial charge in [-0.15, -0.1) is 0 Å². The molecule has 0 bridgehead atoms. The Kier molecular flexibility index (Phi) is 43.2. The molecule has 66 heavy (non-hydrogen) atoms. The van der Waals surface area contributed by atoms with Gasteiger partial charge in [-0.1, -0.05) is 153 Å². The van der Waals surface area contributed by atoms with Gasteiger partial charge in [0.05, 0.1) is 13.2 Å². The number of piperazine rings is 1. The third-order valence-electron chi connectivity index (χ3n) is 12.5. The van der Waals surface area contributed by atoms with E-state index in [1.54, 1.807) is 0 Å². The molecule has 9 nitrogen and oxygen atoms in total. The van der Waals surface area contributed by atoms with E-state index in [0.29, 0.717) is 38.9 Å². The molecule has 1 saturated heterocycles. The van der Waals surface area contributed by atoms with Gasteiger partial charge < -0.3 is 25.0 Å². The number of hydrogen-bond acceptors (Lipinski definition) is 7. The molecule has 1 heterocycles. The summed E-state index contributed by atoms with van der Waals surface area (Å²) in [6.45, 7) is 10.2. The number of hydrogen-bond donors (Lipinski definition) is 2. The van der Waals surface area contributed by atoms with Gasteiger partial charge in [0.15, 0.2) is 0 Å². The predicted octanol–water partition coefficient (Wildman–Crippen LogP) is 14.3. The summed E-state index contributed by atoms with van der Waals surface area (Å²) >= 11 is 0. The summed E-state index contributed by atoms with van der Waals surface area (Å²) in [6.07, 6.45) is 54.6. The lowest BCUT2D eigenvalue weighted by Gasteiger charge is -2.30. The van der Waals surface area contributed by atoms with Crippen molar-refractivity contribution in [3.8, 4) is 0 Å². The second-order valence-electron chi connectivity index (χ2n) is 18.8. The van der Waals surface area contributed by atoms with Crippen LogP contribution in [0.4, 0.5) is 0 Å². The molecule has 1 fully saturated rings. The molecule has 0 aromatic heterocycles. The average molecular weight is 924 g/mol. The van der Waals surface area contributed by atoms with Crippen molar-refractivity contribution in [1.82, 2.24) is 15.5 Å². The van der Waals surface area contributed by atoms with Crippen LogP contribution in [0.2, 0.25) is 0 Å². The lowest BCUT2D eigenvalue weighted by atomic mass is 10.0. The average Bonchev–Trinajstić information content (AvgIpc) is 3.31. The van der Waals surface area contributed by atoms with E-state index in [2.05, 4.69) is 84.9 Å². The fourth-order valence-corrected chi connectivity index (χ4v) is 8.25. The van der Waals surface area contributed by atoms with E-state index < -0.39 is 12.1 Å². The van der Waals surface area contributed by atoms with Crippen LogP contribution >= 0.6 is 0 Å². The van der Waals surface area contributed by atoms with E-state index in [9.17, 15) is 19.2 Å². The molecule has 380 valence electrons. The summed E-state index contributed by atoms with van der Waals surface area (Å²) in [5, 5.41) is 5.92. The van der Waals surface area contributed by atoms with Gasteiger partial charge in [-0.2, -0.15) is 0 Å². The highest BCUT2D eigenvalue weighted by atomic mass is 16.5. The maximum absolute atomic E-state index is 12.8. The van der Waals surface area contributed by atoms with Crippen molar-refractivity contribution in [2.75, 3.05) is 32.8 Å². The maximum Gasteiger partial charge on any atom is 0.305 e. The predicted molar refractivity (Wildman–Crippen MR) is 277 cm³/mol. The molecule has 1 aliphatic heterocycles. The van der Waals surface area contributed by atoms with Crippen LogP contribution in [0, 0.1) is 0 Å². The molecule has 0 aliphatic carbocycles. The van der Waals surface area contributed by atoms with Gasteiger partial charge in [0, 0.05) is 12.8 Å². The standard InChI is InChI=1S/C57H101N3O6/c1-4-7-10-12-14-16-18-20-22-24-26-28-30-32-35-45-54(61)65-50-41-39-48-60(47-38-37-44-53-57(64)58-52(56(63)59-53)43-34-9-6-3)49-40-42-51-66-55(62)46-36-33-31-29-27-25-23-21-19-17-15-13-11-8-5-2/h14-17,20-23,52-53H,4-13,18-19,24-51H2,1-3H3,(H,58,64)(H,59,63)/b16-14-,17-15-,22-20-,23-21-. The quantitative estimate of drug-likeness (QED) is 0.0355. The zero-order valence-electron chi connectivity index (χ0n) is 43.0. The molecule has 0 aromatic rings. The molecule has 2 amide bonds. The first-order chi connectivity index (χ1) is 32.4. The van der Waals surface area contributed by atoms with E-state index in [1.807, 2.05) is 0 Å². The summed E-state index contributed by atoms with van der Waals surface area (Å²) in [6, 6.07) is -0.877. The molecule has 0 saturated carbocycles. The van der Waals surface area contributed by atoms with Gasteiger partial charge in [-0.3, -0.25) is 19.2 Å². The van der Waals surface area contributed by atoms with Crippen LogP contribution in [0.1, 0.15) is 245 Å².